The summed E-state index contributed by atoms with van der Waals surface area (Å²) in [4.78, 5) is 18.9. The van der Waals surface area contributed by atoms with Gasteiger partial charge >= 0.3 is 6.36 Å². The van der Waals surface area contributed by atoms with Gasteiger partial charge in [0, 0.05) is 24.7 Å². The van der Waals surface area contributed by atoms with Crippen LogP contribution in [0.15, 0.2) is 42.6 Å². The fourth-order valence-corrected chi connectivity index (χ4v) is 3.53. The molecule has 10 heteroatoms. The number of fused-ring (bicyclic) bond motifs is 1. The van der Waals surface area contributed by atoms with Crippen molar-refractivity contribution in [1.82, 2.24) is 24.9 Å². The first-order chi connectivity index (χ1) is 14.2. The van der Waals surface area contributed by atoms with E-state index in [1.807, 2.05) is 26.0 Å². The van der Waals surface area contributed by atoms with Crippen LogP contribution in [-0.2, 0) is 6.42 Å². The highest BCUT2D eigenvalue weighted by Crippen LogP contribution is 2.31. The van der Waals surface area contributed by atoms with E-state index in [4.69, 9.17) is 0 Å². The number of alkyl halides is 3. The Morgan fingerprint density at radius 1 is 1.23 bits per heavy atom. The molecule has 30 heavy (non-hydrogen) atoms. The molecular weight excluding hydrogens is 399 g/mol. The van der Waals surface area contributed by atoms with E-state index in [1.165, 1.54) is 12.1 Å². The van der Waals surface area contributed by atoms with Crippen LogP contribution in [0.25, 0.3) is 5.82 Å². The van der Waals surface area contributed by atoms with E-state index in [9.17, 15) is 18.0 Å². The van der Waals surface area contributed by atoms with Crippen molar-refractivity contribution in [1.29, 1.82) is 0 Å². The highest BCUT2D eigenvalue weighted by Gasteiger charge is 2.34. The minimum absolute atomic E-state index is 0.111. The van der Waals surface area contributed by atoms with E-state index in [0.29, 0.717) is 24.5 Å². The molecule has 1 amide bonds. The molecule has 0 saturated heterocycles. The molecule has 1 atom stereocenters. The van der Waals surface area contributed by atoms with Gasteiger partial charge < -0.3 is 9.64 Å². The monoisotopic (exact) mass is 417 g/mol. The fourth-order valence-electron chi connectivity index (χ4n) is 3.53. The lowest BCUT2D eigenvalue weighted by Crippen LogP contribution is -2.39. The lowest BCUT2D eigenvalue weighted by molar-refractivity contribution is -0.274. The summed E-state index contributed by atoms with van der Waals surface area (Å²) in [6.07, 6.45) is -2.64. The first-order valence-electron chi connectivity index (χ1n) is 9.27. The van der Waals surface area contributed by atoms with Crippen LogP contribution in [0.1, 0.15) is 40.3 Å². The molecule has 3 aromatic rings. The van der Waals surface area contributed by atoms with Gasteiger partial charge in [-0.2, -0.15) is 4.68 Å². The van der Waals surface area contributed by atoms with E-state index < -0.39 is 24.1 Å². The Bertz CT molecular complexity index is 1100. The number of amides is 1. The number of ether oxygens (including phenoxy) is 1. The third-order valence-electron chi connectivity index (χ3n) is 4.94. The lowest BCUT2D eigenvalue weighted by atomic mass is 10.0. The molecule has 0 N–H and O–H groups in total. The van der Waals surface area contributed by atoms with Gasteiger partial charge in [-0.25, -0.2) is 4.98 Å². The smallest absolute Gasteiger partial charge is 0.406 e. The molecule has 0 saturated carbocycles. The van der Waals surface area contributed by atoms with E-state index in [1.54, 1.807) is 15.8 Å². The molecule has 1 unspecified atom stereocenters. The minimum Gasteiger partial charge on any atom is -0.406 e. The summed E-state index contributed by atoms with van der Waals surface area (Å²) in [6, 6.07) is 8.44. The Labute approximate surface area is 170 Å². The molecule has 156 valence electrons. The molecule has 0 aliphatic carbocycles. The fraction of sp³-hybridized carbons (Fsp3) is 0.300. The van der Waals surface area contributed by atoms with Crippen molar-refractivity contribution in [2.45, 2.75) is 32.7 Å². The normalized spacial score (nSPS) is 16.3. The van der Waals surface area contributed by atoms with E-state index in [-0.39, 0.29) is 5.56 Å². The molecule has 4 rings (SSSR count). The number of carbonyl (C=O) groups is 1. The van der Waals surface area contributed by atoms with E-state index in [2.05, 4.69) is 20.0 Å². The predicted octanol–water partition coefficient (Wildman–Crippen LogP) is 3.63. The zero-order valence-corrected chi connectivity index (χ0v) is 16.2. The molecule has 0 radical (unpaired) electrons. The number of pyridine rings is 1. The number of halogens is 3. The zero-order chi connectivity index (χ0) is 21.5. The van der Waals surface area contributed by atoms with Crippen molar-refractivity contribution >= 4 is 5.91 Å². The van der Waals surface area contributed by atoms with Crippen molar-refractivity contribution in [3.8, 4) is 11.6 Å². The van der Waals surface area contributed by atoms with Gasteiger partial charge in [0.05, 0.1) is 11.7 Å². The minimum atomic E-state index is -4.82. The Morgan fingerprint density at radius 2 is 2.03 bits per heavy atom. The van der Waals surface area contributed by atoms with Gasteiger partial charge in [0.1, 0.15) is 11.4 Å². The number of aryl methyl sites for hydroxylation is 1. The number of hydrogen-bond acceptors (Lipinski definition) is 5. The second-order valence-electron chi connectivity index (χ2n) is 7.02. The molecule has 3 heterocycles. The molecule has 1 aliphatic heterocycles. The third-order valence-corrected chi connectivity index (χ3v) is 4.94. The molecular formula is C20H18F3N5O2. The highest BCUT2D eigenvalue weighted by molar-refractivity contribution is 5.95. The Balaban J connectivity index is 1.59. The van der Waals surface area contributed by atoms with Gasteiger partial charge in [-0.15, -0.1) is 18.3 Å². The first kappa shape index (κ1) is 19.9. The van der Waals surface area contributed by atoms with Gasteiger partial charge in [0.25, 0.3) is 5.91 Å². The Morgan fingerprint density at radius 3 is 2.77 bits per heavy atom. The second kappa shape index (κ2) is 7.43. The molecule has 1 aliphatic rings. The summed E-state index contributed by atoms with van der Waals surface area (Å²) in [7, 11) is 0. The number of carbonyl (C=O) groups excluding carboxylic acids is 1. The summed E-state index contributed by atoms with van der Waals surface area (Å²) >= 11 is 0. The predicted molar refractivity (Wildman–Crippen MR) is 100 cm³/mol. The van der Waals surface area contributed by atoms with Gasteiger partial charge in [0.2, 0.25) is 0 Å². The number of aromatic nitrogens is 4. The van der Waals surface area contributed by atoms with Crippen LogP contribution in [0.3, 0.4) is 0 Å². The lowest BCUT2D eigenvalue weighted by Gasteiger charge is -2.32. The quantitative estimate of drug-likeness (QED) is 0.651. The van der Waals surface area contributed by atoms with Gasteiger partial charge in [0.15, 0.2) is 5.82 Å². The highest BCUT2D eigenvalue weighted by atomic mass is 19.4. The van der Waals surface area contributed by atoms with Crippen LogP contribution >= 0.6 is 0 Å². The Hall–Kier alpha value is -3.43. The van der Waals surface area contributed by atoms with Gasteiger partial charge in [-0.05, 0) is 49.7 Å². The largest absolute Gasteiger partial charge is 0.573 e. The second-order valence-corrected chi connectivity index (χ2v) is 7.02. The first-order valence-corrected chi connectivity index (χ1v) is 9.27. The maximum atomic E-state index is 13.0. The molecule has 7 nitrogen and oxygen atoms in total. The summed E-state index contributed by atoms with van der Waals surface area (Å²) < 4.78 is 43.0. The topological polar surface area (TPSA) is 73.1 Å². The summed E-state index contributed by atoms with van der Waals surface area (Å²) in [5.41, 5.74) is 2.64. The number of hydrogen-bond donors (Lipinski definition) is 0. The molecule has 0 spiro atoms. The van der Waals surface area contributed by atoms with Crippen molar-refractivity contribution < 1.29 is 22.7 Å². The van der Waals surface area contributed by atoms with Gasteiger partial charge in [-0.1, -0.05) is 11.3 Å². The number of nitrogens with zero attached hydrogens (tertiary/aromatic N) is 5. The van der Waals surface area contributed by atoms with Crippen molar-refractivity contribution in [2.24, 2.45) is 0 Å². The Kier molecular flexibility index (Phi) is 4.92. The average Bonchev–Trinajstić information content (AvgIpc) is 3.12. The zero-order valence-electron chi connectivity index (χ0n) is 16.2. The number of benzene rings is 1. The maximum Gasteiger partial charge on any atom is 0.573 e. The summed E-state index contributed by atoms with van der Waals surface area (Å²) in [6.45, 7) is 4.14. The van der Waals surface area contributed by atoms with Crippen LogP contribution in [-0.4, -0.2) is 43.7 Å². The maximum absolute atomic E-state index is 13.0. The molecule has 2 aromatic heterocycles. The van der Waals surface area contributed by atoms with Crippen LogP contribution in [0.4, 0.5) is 13.2 Å². The summed E-state index contributed by atoms with van der Waals surface area (Å²) in [5.74, 6) is -0.188. The third kappa shape index (κ3) is 3.85. The van der Waals surface area contributed by atoms with Crippen molar-refractivity contribution in [3.63, 3.8) is 0 Å². The van der Waals surface area contributed by atoms with Crippen molar-refractivity contribution in [3.05, 3.63) is 65.1 Å². The molecule has 1 aromatic carbocycles. The average molecular weight is 417 g/mol. The van der Waals surface area contributed by atoms with Crippen LogP contribution in [0.5, 0.6) is 5.75 Å². The van der Waals surface area contributed by atoms with Crippen LogP contribution < -0.4 is 4.74 Å². The van der Waals surface area contributed by atoms with Crippen LogP contribution in [0, 0.1) is 6.92 Å². The number of rotatable bonds is 3. The molecule has 0 fully saturated rings. The SMILES string of the molecule is Cc1ccnc(-n2nnc3c2CCN(C(=O)c2cccc(OC(F)(F)F)c2)C3C)c1. The standard InChI is InChI=1S/C20H18F3N5O2/c1-12-6-8-24-17(10-12)28-16-7-9-27(13(2)18(16)25-26-28)19(29)14-4-3-5-15(11-14)30-20(21,22)23/h3-6,8,10-11,13H,7,9H2,1-2H3. The van der Waals surface area contributed by atoms with Crippen LogP contribution in [0.2, 0.25) is 0 Å². The molecule has 0 bridgehead atoms. The summed E-state index contributed by atoms with van der Waals surface area (Å²) in [5, 5.41) is 8.44. The van der Waals surface area contributed by atoms with E-state index >= 15 is 0 Å². The van der Waals surface area contributed by atoms with E-state index in [0.717, 1.165) is 23.4 Å². The van der Waals surface area contributed by atoms with Crippen molar-refractivity contribution in [2.75, 3.05) is 6.54 Å². The van der Waals surface area contributed by atoms with Gasteiger partial charge in [-0.3, -0.25) is 4.79 Å².